The van der Waals surface area contributed by atoms with Gasteiger partial charge in [-0.2, -0.15) is 13.2 Å². The maximum absolute atomic E-state index is 12.6. The quantitative estimate of drug-likeness (QED) is 0.526. The number of nitrogens with one attached hydrogen (secondary N) is 1. The zero-order valence-electron chi connectivity index (χ0n) is 15.7. The van der Waals surface area contributed by atoms with Crippen molar-refractivity contribution >= 4 is 40.9 Å². The number of para-hydroxylation sites is 2. The van der Waals surface area contributed by atoms with E-state index in [0.29, 0.717) is 17.2 Å². The number of ether oxygens (including phenoxy) is 1. The van der Waals surface area contributed by atoms with Crippen molar-refractivity contribution in [3.8, 4) is 5.75 Å². The SMILES string of the molecule is CC1Oc2ccccc2N(CC(=O)NCCSc2ncc(C(F)(F)F)cc2Cl)C1=O. The molecule has 1 N–H and O–H groups in total. The molecule has 6 nitrogen and oxygen atoms in total. The van der Waals surface area contributed by atoms with Crippen molar-refractivity contribution < 1.29 is 27.5 Å². The van der Waals surface area contributed by atoms with Crippen LogP contribution >= 0.6 is 23.4 Å². The van der Waals surface area contributed by atoms with Crippen LogP contribution in [0.5, 0.6) is 5.75 Å². The molecule has 2 heterocycles. The molecule has 11 heteroatoms. The molecule has 1 unspecified atom stereocenters. The van der Waals surface area contributed by atoms with Crippen LogP contribution in [0.4, 0.5) is 18.9 Å². The van der Waals surface area contributed by atoms with Crippen LogP contribution in [0, 0.1) is 0 Å². The van der Waals surface area contributed by atoms with Crippen LogP contribution in [0.2, 0.25) is 5.02 Å². The predicted octanol–water partition coefficient (Wildman–Crippen LogP) is 3.78. The minimum absolute atomic E-state index is 0.106. The molecular formula is C19H17ClF3N3O3S. The average molecular weight is 460 g/mol. The summed E-state index contributed by atoms with van der Waals surface area (Å²) in [5.41, 5.74) is -0.402. The lowest BCUT2D eigenvalue weighted by atomic mass is 10.2. The lowest BCUT2D eigenvalue weighted by Gasteiger charge is -2.32. The Morgan fingerprint density at radius 2 is 2.10 bits per heavy atom. The Kier molecular flexibility index (Phi) is 6.77. The number of nitrogens with zero attached hydrogens (tertiary/aromatic N) is 2. The van der Waals surface area contributed by atoms with E-state index in [-0.39, 0.29) is 35.0 Å². The molecule has 0 fully saturated rings. The third-order valence-electron chi connectivity index (χ3n) is 4.17. The van der Waals surface area contributed by atoms with E-state index in [9.17, 15) is 22.8 Å². The number of amides is 2. The summed E-state index contributed by atoms with van der Waals surface area (Å²) in [6.45, 7) is 1.66. The number of aromatic nitrogens is 1. The second-order valence-electron chi connectivity index (χ2n) is 6.36. The van der Waals surface area contributed by atoms with Crippen molar-refractivity contribution in [2.24, 2.45) is 0 Å². The Bertz CT molecular complexity index is 958. The highest BCUT2D eigenvalue weighted by Crippen LogP contribution is 2.34. The number of rotatable bonds is 6. The fourth-order valence-electron chi connectivity index (χ4n) is 2.75. The monoisotopic (exact) mass is 459 g/mol. The fourth-order valence-corrected chi connectivity index (χ4v) is 3.80. The largest absolute Gasteiger partial charge is 0.479 e. The fraction of sp³-hybridized carbons (Fsp3) is 0.316. The van der Waals surface area contributed by atoms with Gasteiger partial charge < -0.3 is 10.1 Å². The molecule has 0 saturated heterocycles. The molecule has 0 spiro atoms. The van der Waals surface area contributed by atoms with E-state index < -0.39 is 17.8 Å². The highest BCUT2D eigenvalue weighted by atomic mass is 35.5. The number of fused-ring (bicyclic) bond motifs is 1. The first-order valence-electron chi connectivity index (χ1n) is 8.86. The van der Waals surface area contributed by atoms with Crippen molar-refractivity contribution in [3.63, 3.8) is 0 Å². The number of thioether (sulfide) groups is 1. The Hall–Kier alpha value is -2.46. The van der Waals surface area contributed by atoms with Gasteiger partial charge in [-0.25, -0.2) is 4.98 Å². The summed E-state index contributed by atoms with van der Waals surface area (Å²) < 4.78 is 43.5. The Morgan fingerprint density at radius 1 is 1.37 bits per heavy atom. The average Bonchev–Trinajstić information content (AvgIpc) is 2.69. The maximum atomic E-state index is 12.6. The zero-order chi connectivity index (χ0) is 21.9. The summed E-state index contributed by atoms with van der Waals surface area (Å²) in [5.74, 6) is 0.169. The topological polar surface area (TPSA) is 71.5 Å². The number of benzene rings is 1. The van der Waals surface area contributed by atoms with Crippen molar-refractivity contribution in [1.82, 2.24) is 10.3 Å². The van der Waals surface area contributed by atoms with Gasteiger partial charge in [-0.3, -0.25) is 14.5 Å². The third-order valence-corrected chi connectivity index (χ3v) is 5.58. The van der Waals surface area contributed by atoms with Crippen LogP contribution < -0.4 is 15.0 Å². The summed E-state index contributed by atoms with van der Waals surface area (Å²) in [6.07, 6.45) is -4.49. The highest BCUT2D eigenvalue weighted by Gasteiger charge is 2.33. The van der Waals surface area contributed by atoms with Crippen LogP contribution in [0.1, 0.15) is 12.5 Å². The minimum Gasteiger partial charge on any atom is -0.479 e. The van der Waals surface area contributed by atoms with Crippen LogP contribution in [0.3, 0.4) is 0 Å². The lowest BCUT2D eigenvalue weighted by molar-refractivity contribution is -0.137. The van der Waals surface area contributed by atoms with Gasteiger partial charge in [0.15, 0.2) is 6.10 Å². The molecule has 2 aromatic rings. The second kappa shape index (κ2) is 9.13. The van der Waals surface area contributed by atoms with E-state index in [1.54, 1.807) is 31.2 Å². The van der Waals surface area contributed by atoms with Crippen molar-refractivity contribution in [3.05, 3.63) is 47.1 Å². The van der Waals surface area contributed by atoms with Crippen molar-refractivity contribution in [2.75, 3.05) is 23.7 Å². The number of hydrogen-bond acceptors (Lipinski definition) is 5. The number of carbonyl (C=O) groups is 2. The van der Waals surface area contributed by atoms with Crippen molar-refractivity contribution in [1.29, 1.82) is 0 Å². The summed E-state index contributed by atoms with van der Waals surface area (Å²) >= 11 is 6.97. The van der Waals surface area contributed by atoms with Crippen LogP contribution in [-0.2, 0) is 15.8 Å². The molecule has 3 rings (SSSR count). The van der Waals surface area contributed by atoms with Gasteiger partial charge in [-0.1, -0.05) is 23.7 Å². The molecule has 1 aromatic heterocycles. The van der Waals surface area contributed by atoms with Gasteiger partial charge in [0.25, 0.3) is 5.91 Å². The molecule has 30 heavy (non-hydrogen) atoms. The van der Waals surface area contributed by atoms with Gasteiger partial charge in [0.05, 0.1) is 16.3 Å². The first kappa shape index (κ1) is 22.2. The Labute approximate surface area is 179 Å². The number of anilines is 1. The van der Waals surface area contributed by atoms with Gasteiger partial charge in [-0.15, -0.1) is 11.8 Å². The maximum Gasteiger partial charge on any atom is 0.417 e. The normalized spacial score (nSPS) is 16.1. The molecule has 0 aliphatic carbocycles. The first-order valence-corrected chi connectivity index (χ1v) is 10.2. The second-order valence-corrected chi connectivity index (χ2v) is 7.85. The molecule has 0 saturated carbocycles. The van der Waals surface area contributed by atoms with Gasteiger partial charge in [0.2, 0.25) is 5.91 Å². The van der Waals surface area contributed by atoms with Gasteiger partial charge in [0.1, 0.15) is 17.3 Å². The van der Waals surface area contributed by atoms with Crippen LogP contribution in [-0.4, -0.2) is 41.7 Å². The Morgan fingerprint density at radius 3 is 2.80 bits per heavy atom. The molecule has 2 amide bonds. The van der Waals surface area contributed by atoms with E-state index in [1.165, 1.54) is 4.90 Å². The van der Waals surface area contributed by atoms with E-state index in [4.69, 9.17) is 16.3 Å². The predicted molar refractivity (Wildman–Crippen MR) is 107 cm³/mol. The minimum atomic E-state index is -4.51. The number of pyridine rings is 1. The number of hydrogen-bond donors (Lipinski definition) is 1. The highest BCUT2D eigenvalue weighted by molar-refractivity contribution is 7.99. The van der Waals surface area contributed by atoms with E-state index in [0.717, 1.165) is 24.0 Å². The summed E-state index contributed by atoms with van der Waals surface area (Å²) in [7, 11) is 0. The lowest BCUT2D eigenvalue weighted by Crippen LogP contribution is -2.49. The van der Waals surface area contributed by atoms with Gasteiger partial charge in [0, 0.05) is 18.5 Å². The van der Waals surface area contributed by atoms with E-state index in [2.05, 4.69) is 10.3 Å². The number of carbonyl (C=O) groups excluding carboxylic acids is 2. The molecule has 0 radical (unpaired) electrons. The van der Waals surface area contributed by atoms with E-state index in [1.807, 2.05) is 0 Å². The molecule has 1 aromatic carbocycles. The van der Waals surface area contributed by atoms with Gasteiger partial charge >= 0.3 is 6.18 Å². The van der Waals surface area contributed by atoms with Gasteiger partial charge in [-0.05, 0) is 25.1 Å². The molecule has 160 valence electrons. The molecular weight excluding hydrogens is 443 g/mol. The first-order chi connectivity index (χ1) is 14.2. The zero-order valence-corrected chi connectivity index (χ0v) is 17.3. The summed E-state index contributed by atoms with van der Waals surface area (Å²) in [5, 5.41) is 2.81. The third kappa shape index (κ3) is 5.17. The van der Waals surface area contributed by atoms with Crippen molar-refractivity contribution in [2.45, 2.75) is 24.2 Å². The van der Waals surface area contributed by atoms with E-state index >= 15 is 0 Å². The summed E-state index contributed by atoms with van der Waals surface area (Å²) in [6, 6.07) is 7.75. The van der Waals surface area contributed by atoms with Crippen LogP contribution in [0.25, 0.3) is 0 Å². The molecule has 1 aliphatic rings. The molecule has 1 aliphatic heterocycles. The molecule has 0 bridgehead atoms. The summed E-state index contributed by atoms with van der Waals surface area (Å²) in [4.78, 5) is 29.8. The van der Waals surface area contributed by atoms with Crippen LogP contribution in [0.15, 0.2) is 41.6 Å². The smallest absolute Gasteiger partial charge is 0.417 e. The number of halogens is 4. The standard InChI is InChI=1S/C19H17ClF3N3O3S/c1-11-18(28)26(14-4-2-3-5-15(14)29-11)10-16(27)24-6-7-30-17-13(20)8-12(9-25-17)19(21,22)23/h2-5,8-9,11H,6-7,10H2,1H3,(H,24,27). The molecule has 1 atom stereocenters. The number of alkyl halides is 3. The Balaban J connectivity index is 1.52.